The third-order valence-corrected chi connectivity index (χ3v) is 4.31. The van der Waals surface area contributed by atoms with Crippen LogP contribution in [0.25, 0.3) is 0 Å². The molecule has 1 fully saturated rings. The van der Waals surface area contributed by atoms with Crippen LogP contribution >= 0.6 is 11.6 Å². The van der Waals surface area contributed by atoms with Crippen LogP contribution in [0.1, 0.15) is 36.0 Å². The summed E-state index contributed by atoms with van der Waals surface area (Å²) < 4.78 is 0. The first kappa shape index (κ1) is 12.9. The van der Waals surface area contributed by atoms with Crippen LogP contribution in [-0.2, 0) is 6.54 Å². The van der Waals surface area contributed by atoms with Crippen molar-refractivity contribution in [3.05, 3.63) is 34.9 Å². The lowest BCUT2D eigenvalue weighted by atomic mass is 10.0. The van der Waals surface area contributed by atoms with E-state index >= 15 is 0 Å². The second kappa shape index (κ2) is 5.88. The van der Waals surface area contributed by atoms with Crippen molar-refractivity contribution in [1.82, 2.24) is 5.32 Å². The maximum absolute atomic E-state index is 6.00. The van der Waals surface area contributed by atoms with Gasteiger partial charge in [0.15, 0.2) is 0 Å². The highest BCUT2D eigenvalue weighted by Crippen LogP contribution is 2.27. The average molecular weight is 252 g/mol. The largest absolute Gasteiger partial charge is 0.310 e. The lowest BCUT2D eigenvalue weighted by Gasteiger charge is -2.19. The molecule has 94 valence electrons. The first-order valence-electron chi connectivity index (χ1n) is 6.56. The Balaban J connectivity index is 1.95. The molecule has 0 spiro atoms. The molecule has 1 nitrogen and oxygen atoms in total. The smallest absolute Gasteiger partial charge is 0.0266 e. The molecule has 1 N–H and O–H groups in total. The van der Waals surface area contributed by atoms with E-state index in [1.165, 1.54) is 36.0 Å². The summed E-state index contributed by atoms with van der Waals surface area (Å²) in [6, 6.07) is 7.29. The number of hydrogen-bond acceptors (Lipinski definition) is 1. The number of benzene rings is 1. The summed E-state index contributed by atoms with van der Waals surface area (Å²) >= 11 is 6.00. The SMILES string of the molecule is Cc1ccc(C)c(CNC2CCCC2CCl)c1. The van der Waals surface area contributed by atoms with Crippen LogP contribution in [-0.4, -0.2) is 11.9 Å². The van der Waals surface area contributed by atoms with Crippen molar-refractivity contribution in [2.75, 3.05) is 5.88 Å². The highest BCUT2D eigenvalue weighted by Gasteiger charge is 2.25. The van der Waals surface area contributed by atoms with Crippen LogP contribution in [0.2, 0.25) is 0 Å². The third-order valence-electron chi connectivity index (χ3n) is 3.92. The molecule has 0 aliphatic heterocycles. The van der Waals surface area contributed by atoms with Crippen molar-refractivity contribution in [1.29, 1.82) is 0 Å². The number of halogens is 1. The average Bonchev–Trinajstić information content (AvgIpc) is 2.77. The van der Waals surface area contributed by atoms with E-state index in [4.69, 9.17) is 11.6 Å². The van der Waals surface area contributed by atoms with E-state index in [1.807, 2.05) is 0 Å². The first-order chi connectivity index (χ1) is 8.20. The molecule has 0 amide bonds. The van der Waals surface area contributed by atoms with Crippen LogP contribution in [0, 0.1) is 19.8 Å². The third kappa shape index (κ3) is 3.23. The molecule has 2 unspecified atom stereocenters. The molecule has 0 bridgehead atoms. The quantitative estimate of drug-likeness (QED) is 0.803. The van der Waals surface area contributed by atoms with Crippen LogP contribution in [0.4, 0.5) is 0 Å². The van der Waals surface area contributed by atoms with E-state index in [-0.39, 0.29) is 0 Å². The molecule has 17 heavy (non-hydrogen) atoms. The van der Waals surface area contributed by atoms with E-state index in [2.05, 4.69) is 37.4 Å². The summed E-state index contributed by atoms with van der Waals surface area (Å²) in [7, 11) is 0. The van der Waals surface area contributed by atoms with Gasteiger partial charge < -0.3 is 5.32 Å². The van der Waals surface area contributed by atoms with Gasteiger partial charge in [0.1, 0.15) is 0 Å². The standard InChI is InChI=1S/C15H22ClN/c1-11-6-7-12(2)14(8-11)10-17-15-5-3-4-13(15)9-16/h6-8,13,15,17H,3-5,9-10H2,1-2H3. The van der Waals surface area contributed by atoms with Gasteiger partial charge in [-0.25, -0.2) is 0 Å². The highest BCUT2D eigenvalue weighted by atomic mass is 35.5. The Kier molecular flexibility index (Phi) is 4.47. The van der Waals surface area contributed by atoms with Gasteiger partial charge in [-0.2, -0.15) is 0 Å². The molecule has 0 saturated heterocycles. The molecule has 2 atom stereocenters. The minimum absolute atomic E-state index is 0.618. The van der Waals surface area contributed by atoms with Crippen molar-refractivity contribution < 1.29 is 0 Å². The summed E-state index contributed by atoms with van der Waals surface area (Å²) in [5.74, 6) is 1.46. The minimum atomic E-state index is 0.618. The second-order valence-electron chi connectivity index (χ2n) is 5.26. The van der Waals surface area contributed by atoms with Crippen LogP contribution in [0.3, 0.4) is 0 Å². The fraction of sp³-hybridized carbons (Fsp3) is 0.600. The summed E-state index contributed by atoms with van der Waals surface area (Å²) in [6.45, 7) is 5.32. The highest BCUT2D eigenvalue weighted by molar-refractivity contribution is 6.18. The van der Waals surface area contributed by atoms with Gasteiger partial charge in [-0.3, -0.25) is 0 Å². The maximum Gasteiger partial charge on any atom is 0.0266 e. The zero-order valence-corrected chi connectivity index (χ0v) is 11.6. The molecule has 1 aliphatic rings. The summed E-state index contributed by atoms with van der Waals surface area (Å²) in [5.41, 5.74) is 4.14. The minimum Gasteiger partial charge on any atom is -0.310 e. The van der Waals surface area contributed by atoms with Crippen molar-refractivity contribution >= 4 is 11.6 Å². The topological polar surface area (TPSA) is 12.0 Å². The summed E-state index contributed by atoms with van der Waals surface area (Å²) in [5, 5.41) is 3.68. The molecule has 0 heterocycles. The Labute approximate surface area is 110 Å². The van der Waals surface area contributed by atoms with Crippen molar-refractivity contribution in [2.24, 2.45) is 5.92 Å². The van der Waals surface area contributed by atoms with Crippen LogP contribution in [0.5, 0.6) is 0 Å². The molecule has 1 aromatic rings. The molecule has 2 rings (SSSR count). The number of nitrogens with one attached hydrogen (secondary N) is 1. The normalized spacial score (nSPS) is 24.2. The molecule has 0 radical (unpaired) electrons. The lowest BCUT2D eigenvalue weighted by Crippen LogP contribution is -2.32. The molecule has 1 aromatic carbocycles. The summed E-state index contributed by atoms with van der Waals surface area (Å²) in [4.78, 5) is 0. The van der Waals surface area contributed by atoms with Gasteiger partial charge in [-0.1, -0.05) is 30.2 Å². The Morgan fingerprint density at radius 2 is 2.12 bits per heavy atom. The molecule has 2 heteroatoms. The van der Waals surface area contributed by atoms with Gasteiger partial charge in [0, 0.05) is 18.5 Å². The molecular formula is C15H22ClN. The van der Waals surface area contributed by atoms with E-state index in [9.17, 15) is 0 Å². The fourth-order valence-corrected chi connectivity index (χ4v) is 3.09. The van der Waals surface area contributed by atoms with Gasteiger partial charge in [0.2, 0.25) is 0 Å². The van der Waals surface area contributed by atoms with Gasteiger partial charge in [-0.15, -0.1) is 11.6 Å². The van der Waals surface area contributed by atoms with Gasteiger partial charge in [0.05, 0.1) is 0 Å². The van der Waals surface area contributed by atoms with Gasteiger partial charge in [-0.05, 0) is 43.7 Å². The number of alkyl halides is 1. The molecular weight excluding hydrogens is 230 g/mol. The predicted molar refractivity (Wildman–Crippen MR) is 74.6 cm³/mol. The van der Waals surface area contributed by atoms with Crippen molar-refractivity contribution in [3.8, 4) is 0 Å². The predicted octanol–water partition coefficient (Wildman–Crippen LogP) is 3.80. The zero-order chi connectivity index (χ0) is 12.3. The van der Waals surface area contributed by atoms with E-state index in [0.717, 1.165) is 12.4 Å². The van der Waals surface area contributed by atoms with Crippen LogP contribution in [0.15, 0.2) is 18.2 Å². The number of hydrogen-bond donors (Lipinski definition) is 1. The van der Waals surface area contributed by atoms with E-state index in [1.54, 1.807) is 0 Å². The lowest BCUT2D eigenvalue weighted by molar-refractivity contribution is 0.429. The van der Waals surface area contributed by atoms with Gasteiger partial charge in [0.25, 0.3) is 0 Å². The van der Waals surface area contributed by atoms with Crippen LogP contribution < -0.4 is 5.32 Å². The van der Waals surface area contributed by atoms with E-state index < -0.39 is 0 Å². The van der Waals surface area contributed by atoms with Gasteiger partial charge >= 0.3 is 0 Å². The number of rotatable bonds is 4. The Morgan fingerprint density at radius 3 is 2.88 bits per heavy atom. The zero-order valence-electron chi connectivity index (χ0n) is 10.8. The Hall–Kier alpha value is -0.530. The van der Waals surface area contributed by atoms with Crippen molar-refractivity contribution in [2.45, 2.75) is 45.7 Å². The number of aryl methyl sites for hydroxylation is 2. The van der Waals surface area contributed by atoms with Crippen molar-refractivity contribution in [3.63, 3.8) is 0 Å². The van der Waals surface area contributed by atoms with E-state index in [0.29, 0.717) is 12.0 Å². The molecule has 0 aromatic heterocycles. The first-order valence-corrected chi connectivity index (χ1v) is 7.09. The second-order valence-corrected chi connectivity index (χ2v) is 5.57. The molecule has 1 aliphatic carbocycles. The monoisotopic (exact) mass is 251 g/mol. The Bertz CT molecular complexity index is 375. The maximum atomic E-state index is 6.00. The fourth-order valence-electron chi connectivity index (χ4n) is 2.72. The summed E-state index contributed by atoms with van der Waals surface area (Å²) in [6.07, 6.45) is 3.89. The molecule has 1 saturated carbocycles. The Morgan fingerprint density at radius 1 is 1.29 bits per heavy atom.